The quantitative estimate of drug-likeness (QED) is 0.414. The third-order valence-corrected chi connectivity index (χ3v) is 5.79. The van der Waals surface area contributed by atoms with Gasteiger partial charge < -0.3 is 15.0 Å². The first kappa shape index (κ1) is 23.9. The number of likely N-dealkylation sites (tertiary alicyclic amines) is 1. The largest absolute Gasteiger partial charge is 0.461 e. The van der Waals surface area contributed by atoms with Crippen molar-refractivity contribution in [3.63, 3.8) is 0 Å². The van der Waals surface area contributed by atoms with Crippen LogP contribution in [-0.4, -0.2) is 57.1 Å². The van der Waals surface area contributed by atoms with Gasteiger partial charge in [0.05, 0.1) is 18.3 Å². The van der Waals surface area contributed by atoms with Crippen LogP contribution in [0.2, 0.25) is 0 Å². The molecule has 0 saturated carbocycles. The number of nitrogens with one attached hydrogen (secondary N) is 1. The van der Waals surface area contributed by atoms with Crippen molar-refractivity contribution in [3.8, 4) is 11.3 Å². The zero-order chi connectivity index (χ0) is 24.8. The van der Waals surface area contributed by atoms with Crippen molar-refractivity contribution >= 4 is 23.5 Å². The molecule has 1 unspecified atom stereocenters. The predicted molar refractivity (Wildman–Crippen MR) is 131 cm³/mol. The van der Waals surface area contributed by atoms with E-state index >= 15 is 0 Å². The smallest absolute Gasteiger partial charge is 0.356 e. The van der Waals surface area contributed by atoms with Crippen LogP contribution in [0.25, 0.3) is 11.3 Å². The summed E-state index contributed by atoms with van der Waals surface area (Å²) in [7, 11) is 0. The molecule has 9 heteroatoms. The van der Waals surface area contributed by atoms with Crippen molar-refractivity contribution in [2.24, 2.45) is 0 Å². The topological polar surface area (TPSA) is 106 Å². The number of carbonyl (C=O) groups excluding carboxylic acids is 3. The second-order valence-corrected chi connectivity index (χ2v) is 8.11. The van der Waals surface area contributed by atoms with E-state index in [-0.39, 0.29) is 24.5 Å². The molecule has 1 aromatic carbocycles. The summed E-state index contributed by atoms with van der Waals surface area (Å²) in [5.41, 5.74) is 2.65. The number of benzene rings is 1. The molecule has 1 aliphatic heterocycles. The molecule has 0 aliphatic carbocycles. The minimum atomic E-state index is -0.460. The normalized spacial score (nSPS) is 15.3. The highest BCUT2D eigenvalue weighted by Crippen LogP contribution is 2.28. The van der Waals surface area contributed by atoms with E-state index in [1.807, 2.05) is 12.1 Å². The van der Waals surface area contributed by atoms with E-state index in [4.69, 9.17) is 9.84 Å². The Balaban J connectivity index is 1.57. The maximum absolute atomic E-state index is 12.7. The molecule has 1 N–H and O–H groups in total. The van der Waals surface area contributed by atoms with Crippen LogP contribution in [0, 0.1) is 0 Å². The van der Waals surface area contributed by atoms with Crippen LogP contribution in [0.4, 0.5) is 5.69 Å². The van der Waals surface area contributed by atoms with E-state index in [2.05, 4.69) is 16.9 Å². The lowest BCUT2D eigenvalue weighted by Crippen LogP contribution is -2.40. The molecule has 180 valence electrons. The number of piperidine rings is 1. The van der Waals surface area contributed by atoms with Crippen LogP contribution in [0.15, 0.2) is 67.4 Å². The molecule has 4 rings (SSSR count). The molecule has 0 spiro atoms. The highest BCUT2D eigenvalue weighted by atomic mass is 16.5. The number of ether oxygens (including phenoxy) is 1. The van der Waals surface area contributed by atoms with E-state index in [1.165, 1.54) is 6.08 Å². The van der Waals surface area contributed by atoms with Crippen LogP contribution >= 0.6 is 0 Å². The number of hydrogen-bond donors (Lipinski definition) is 1. The summed E-state index contributed by atoms with van der Waals surface area (Å²) in [6.45, 7) is 6.66. The number of hydrogen-bond acceptors (Lipinski definition) is 6. The van der Waals surface area contributed by atoms with Gasteiger partial charge in [0.25, 0.3) is 5.91 Å². The maximum Gasteiger partial charge on any atom is 0.356 e. The SMILES string of the molecule is C=CC(=O)N1CCCC(n2nc(-c3ccc(NC(=O)c4ccccn4)cc3)cc2C(=O)OCC)C1. The minimum Gasteiger partial charge on any atom is -0.461 e. The number of pyridine rings is 1. The van der Waals surface area contributed by atoms with E-state index in [0.29, 0.717) is 35.9 Å². The molecule has 1 aliphatic rings. The number of aromatic nitrogens is 3. The average Bonchev–Trinajstić information content (AvgIpc) is 3.35. The summed E-state index contributed by atoms with van der Waals surface area (Å²) in [4.78, 5) is 43.0. The fourth-order valence-electron chi connectivity index (χ4n) is 4.07. The fraction of sp³-hybridized carbons (Fsp3) is 0.269. The standard InChI is InChI=1S/C26H27N5O4/c1-3-24(32)30-15-7-8-20(17-30)31-23(26(34)35-4-2)16-22(29-31)18-10-12-19(13-11-18)28-25(33)21-9-5-6-14-27-21/h3,5-6,9-14,16,20H,1,4,7-8,15,17H2,2H3,(H,28,33). The zero-order valence-corrected chi connectivity index (χ0v) is 19.5. The lowest BCUT2D eigenvalue weighted by atomic mass is 10.1. The van der Waals surface area contributed by atoms with Crippen molar-refractivity contribution in [2.75, 3.05) is 25.0 Å². The Morgan fingerprint density at radius 1 is 1.20 bits per heavy atom. The number of amides is 2. The Labute approximate surface area is 203 Å². The highest BCUT2D eigenvalue weighted by Gasteiger charge is 2.28. The fourth-order valence-corrected chi connectivity index (χ4v) is 4.07. The number of anilines is 1. The number of esters is 1. The predicted octanol–water partition coefficient (Wildman–Crippen LogP) is 3.72. The first-order valence-corrected chi connectivity index (χ1v) is 11.5. The molecule has 1 fully saturated rings. The van der Waals surface area contributed by atoms with Gasteiger partial charge >= 0.3 is 5.97 Å². The second-order valence-electron chi connectivity index (χ2n) is 8.11. The summed E-state index contributed by atoms with van der Waals surface area (Å²) in [5.74, 6) is -0.899. The molecule has 3 aromatic rings. The third-order valence-electron chi connectivity index (χ3n) is 5.79. The Morgan fingerprint density at radius 3 is 2.69 bits per heavy atom. The molecule has 2 amide bonds. The molecule has 1 atom stereocenters. The van der Waals surface area contributed by atoms with Gasteiger partial charge in [0, 0.05) is 30.5 Å². The Hall–Kier alpha value is -4.27. The zero-order valence-electron chi connectivity index (χ0n) is 19.5. The van der Waals surface area contributed by atoms with Crippen LogP contribution in [0.1, 0.15) is 46.8 Å². The molecule has 35 heavy (non-hydrogen) atoms. The van der Waals surface area contributed by atoms with Crippen molar-refractivity contribution in [1.29, 1.82) is 0 Å². The molecular formula is C26H27N5O4. The van der Waals surface area contributed by atoms with E-state index in [1.54, 1.807) is 59.1 Å². The van der Waals surface area contributed by atoms with Crippen molar-refractivity contribution in [2.45, 2.75) is 25.8 Å². The van der Waals surface area contributed by atoms with E-state index in [0.717, 1.165) is 18.4 Å². The molecular weight excluding hydrogens is 446 g/mol. The van der Waals surface area contributed by atoms with E-state index in [9.17, 15) is 14.4 Å². The van der Waals surface area contributed by atoms with Gasteiger partial charge in [-0.3, -0.25) is 19.3 Å². The Bertz CT molecular complexity index is 1220. The highest BCUT2D eigenvalue weighted by molar-refractivity contribution is 6.02. The summed E-state index contributed by atoms with van der Waals surface area (Å²) in [6, 6.07) is 13.9. The van der Waals surface area contributed by atoms with Gasteiger partial charge in [-0.15, -0.1) is 0 Å². The van der Waals surface area contributed by atoms with Crippen LogP contribution in [0.5, 0.6) is 0 Å². The van der Waals surface area contributed by atoms with Crippen molar-refractivity contribution < 1.29 is 19.1 Å². The molecule has 1 saturated heterocycles. The molecule has 0 bridgehead atoms. The summed E-state index contributed by atoms with van der Waals surface area (Å²) in [5, 5.41) is 7.53. The lowest BCUT2D eigenvalue weighted by molar-refractivity contribution is -0.127. The van der Waals surface area contributed by atoms with E-state index < -0.39 is 5.97 Å². The van der Waals surface area contributed by atoms with Gasteiger partial charge in [-0.05, 0) is 56.2 Å². The third kappa shape index (κ3) is 5.46. The monoisotopic (exact) mass is 473 g/mol. The molecule has 9 nitrogen and oxygen atoms in total. The van der Waals surface area contributed by atoms with Gasteiger partial charge in [0.2, 0.25) is 5.91 Å². The molecule has 0 radical (unpaired) electrons. The van der Waals surface area contributed by atoms with Gasteiger partial charge in [0.15, 0.2) is 0 Å². The molecule has 3 heterocycles. The van der Waals surface area contributed by atoms with Crippen LogP contribution < -0.4 is 5.32 Å². The lowest BCUT2D eigenvalue weighted by Gasteiger charge is -2.32. The Kier molecular flexibility index (Phi) is 7.35. The number of rotatable bonds is 7. The maximum atomic E-state index is 12.7. The first-order chi connectivity index (χ1) is 17.0. The van der Waals surface area contributed by atoms with Gasteiger partial charge in [0.1, 0.15) is 11.4 Å². The number of nitrogens with zero attached hydrogens (tertiary/aromatic N) is 4. The summed E-state index contributed by atoms with van der Waals surface area (Å²) < 4.78 is 6.93. The minimum absolute atomic E-state index is 0.136. The summed E-state index contributed by atoms with van der Waals surface area (Å²) >= 11 is 0. The number of carbonyl (C=O) groups is 3. The second kappa shape index (κ2) is 10.8. The molecule has 2 aromatic heterocycles. The van der Waals surface area contributed by atoms with Gasteiger partial charge in [-0.25, -0.2) is 4.79 Å². The Morgan fingerprint density at radius 2 is 2.00 bits per heavy atom. The average molecular weight is 474 g/mol. The van der Waals surface area contributed by atoms with Gasteiger partial charge in [-0.2, -0.15) is 5.10 Å². The van der Waals surface area contributed by atoms with Crippen molar-refractivity contribution in [1.82, 2.24) is 19.7 Å². The summed E-state index contributed by atoms with van der Waals surface area (Å²) in [6.07, 6.45) is 4.45. The first-order valence-electron chi connectivity index (χ1n) is 11.5. The van der Waals surface area contributed by atoms with Crippen LogP contribution in [0.3, 0.4) is 0 Å². The van der Waals surface area contributed by atoms with Crippen LogP contribution in [-0.2, 0) is 9.53 Å². The van der Waals surface area contributed by atoms with Gasteiger partial charge in [-0.1, -0.05) is 24.8 Å². The van der Waals surface area contributed by atoms with Crippen molar-refractivity contribution in [3.05, 3.63) is 78.8 Å².